The van der Waals surface area contributed by atoms with Gasteiger partial charge in [-0.05, 0) is 30.7 Å². The number of carbonyl (C=O) groups excluding carboxylic acids is 1. The predicted octanol–water partition coefficient (Wildman–Crippen LogP) is 2.12. The molecule has 0 atom stereocenters. The SMILES string of the molecule is C#CCNC(=O)c1ccc(Br)c(C)c1. The fourth-order valence-corrected chi connectivity index (χ4v) is 1.27. The van der Waals surface area contributed by atoms with E-state index in [0.29, 0.717) is 5.56 Å². The molecule has 3 heteroatoms. The molecule has 1 aromatic rings. The number of terminal acetylenes is 1. The summed E-state index contributed by atoms with van der Waals surface area (Å²) in [6.45, 7) is 2.19. The summed E-state index contributed by atoms with van der Waals surface area (Å²) in [5, 5.41) is 2.60. The summed E-state index contributed by atoms with van der Waals surface area (Å²) in [5.74, 6) is 2.21. The number of hydrogen-bond donors (Lipinski definition) is 1. The Hall–Kier alpha value is -1.27. The quantitative estimate of drug-likeness (QED) is 0.802. The van der Waals surface area contributed by atoms with E-state index < -0.39 is 0 Å². The number of hydrogen-bond acceptors (Lipinski definition) is 1. The van der Waals surface area contributed by atoms with Crippen molar-refractivity contribution in [1.82, 2.24) is 5.32 Å². The van der Waals surface area contributed by atoms with Crippen LogP contribution < -0.4 is 5.32 Å². The molecule has 0 fully saturated rings. The Bertz CT molecular complexity index is 393. The van der Waals surface area contributed by atoms with Crippen molar-refractivity contribution >= 4 is 21.8 Å². The molecule has 0 bridgehead atoms. The van der Waals surface area contributed by atoms with Crippen molar-refractivity contribution in [2.24, 2.45) is 0 Å². The van der Waals surface area contributed by atoms with Crippen molar-refractivity contribution in [1.29, 1.82) is 0 Å². The van der Waals surface area contributed by atoms with Crippen LogP contribution in [0.3, 0.4) is 0 Å². The molecular weight excluding hydrogens is 242 g/mol. The summed E-state index contributed by atoms with van der Waals surface area (Å²) in [7, 11) is 0. The molecule has 14 heavy (non-hydrogen) atoms. The van der Waals surface area contributed by atoms with Crippen LogP contribution in [0.5, 0.6) is 0 Å². The zero-order valence-electron chi connectivity index (χ0n) is 7.80. The molecule has 0 aromatic heterocycles. The van der Waals surface area contributed by atoms with Gasteiger partial charge in [-0.15, -0.1) is 6.42 Å². The van der Waals surface area contributed by atoms with Gasteiger partial charge in [0.1, 0.15) is 0 Å². The second-order valence-corrected chi connectivity index (χ2v) is 3.71. The number of nitrogens with one attached hydrogen (secondary N) is 1. The molecule has 0 unspecified atom stereocenters. The summed E-state index contributed by atoms with van der Waals surface area (Å²) >= 11 is 3.37. The average molecular weight is 252 g/mol. The second-order valence-electron chi connectivity index (χ2n) is 2.85. The lowest BCUT2D eigenvalue weighted by molar-refractivity contribution is 0.0958. The van der Waals surface area contributed by atoms with E-state index in [1.807, 2.05) is 19.1 Å². The Balaban J connectivity index is 2.82. The summed E-state index contributed by atoms with van der Waals surface area (Å²) in [6, 6.07) is 5.42. The van der Waals surface area contributed by atoms with Crippen LogP contribution in [0.15, 0.2) is 22.7 Å². The largest absolute Gasteiger partial charge is 0.341 e. The number of rotatable bonds is 2. The number of carbonyl (C=O) groups is 1. The van der Waals surface area contributed by atoms with Crippen molar-refractivity contribution in [2.75, 3.05) is 6.54 Å². The van der Waals surface area contributed by atoms with Crippen LogP contribution >= 0.6 is 15.9 Å². The van der Waals surface area contributed by atoms with E-state index in [1.54, 1.807) is 6.07 Å². The minimum Gasteiger partial charge on any atom is -0.341 e. The first kappa shape index (κ1) is 10.8. The molecule has 0 aliphatic rings. The fraction of sp³-hybridized carbons (Fsp3) is 0.182. The van der Waals surface area contributed by atoms with Crippen molar-refractivity contribution in [3.8, 4) is 12.3 Å². The summed E-state index contributed by atoms with van der Waals surface area (Å²) in [5.41, 5.74) is 1.65. The van der Waals surface area contributed by atoms with Crippen LogP contribution in [-0.4, -0.2) is 12.5 Å². The van der Waals surface area contributed by atoms with Gasteiger partial charge in [0.25, 0.3) is 5.91 Å². The van der Waals surface area contributed by atoms with Gasteiger partial charge in [-0.2, -0.15) is 0 Å². The van der Waals surface area contributed by atoms with Crippen molar-refractivity contribution in [3.63, 3.8) is 0 Å². The normalized spacial score (nSPS) is 9.21. The topological polar surface area (TPSA) is 29.1 Å². The van der Waals surface area contributed by atoms with Crippen LogP contribution in [0.4, 0.5) is 0 Å². The lowest BCUT2D eigenvalue weighted by Gasteiger charge is -2.03. The van der Waals surface area contributed by atoms with E-state index >= 15 is 0 Å². The highest BCUT2D eigenvalue weighted by molar-refractivity contribution is 9.10. The van der Waals surface area contributed by atoms with Gasteiger partial charge in [-0.1, -0.05) is 21.9 Å². The van der Waals surface area contributed by atoms with Crippen LogP contribution in [0, 0.1) is 19.3 Å². The summed E-state index contributed by atoms with van der Waals surface area (Å²) in [4.78, 5) is 11.4. The van der Waals surface area contributed by atoms with E-state index in [2.05, 4.69) is 27.2 Å². The first-order valence-electron chi connectivity index (χ1n) is 4.13. The van der Waals surface area contributed by atoms with Crippen molar-refractivity contribution in [2.45, 2.75) is 6.92 Å². The van der Waals surface area contributed by atoms with Gasteiger partial charge in [-0.3, -0.25) is 4.79 Å². The molecule has 0 aliphatic carbocycles. The summed E-state index contributed by atoms with van der Waals surface area (Å²) < 4.78 is 0.992. The zero-order chi connectivity index (χ0) is 10.6. The van der Waals surface area contributed by atoms with E-state index in [-0.39, 0.29) is 12.5 Å². The molecule has 0 spiro atoms. The first-order chi connectivity index (χ1) is 6.65. The van der Waals surface area contributed by atoms with Crippen molar-refractivity contribution in [3.05, 3.63) is 33.8 Å². The third-order valence-electron chi connectivity index (χ3n) is 1.77. The van der Waals surface area contributed by atoms with E-state index in [9.17, 15) is 4.79 Å². The van der Waals surface area contributed by atoms with Crippen LogP contribution in [-0.2, 0) is 0 Å². The molecular formula is C11H10BrNO. The van der Waals surface area contributed by atoms with Crippen LogP contribution in [0.2, 0.25) is 0 Å². The predicted molar refractivity (Wildman–Crippen MR) is 60.0 cm³/mol. The molecule has 1 amide bonds. The minimum absolute atomic E-state index is 0.140. The van der Waals surface area contributed by atoms with Crippen molar-refractivity contribution < 1.29 is 4.79 Å². The number of aryl methyl sites for hydroxylation is 1. The smallest absolute Gasteiger partial charge is 0.252 e. The molecule has 0 radical (unpaired) electrons. The molecule has 0 heterocycles. The van der Waals surface area contributed by atoms with Gasteiger partial charge < -0.3 is 5.32 Å². The number of amides is 1. The molecule has 1 rings (SSSR count). The lowest BCUT2D eigenvalue weighted by atomic mass is 10.1. The number of halogens is 1. The van der Waals surface area contributed by atoms with Gasteiger partial charge in [0.2, 0.25) is 0 Å². The van der Waals surface area contributed by atoms with Crippen LogP contribution in [0.1, 0.15) is 15.9 Å². The van der Waals surface area contributed by atoms with Gasteiger partial charge in [0, 0.05) is 10.0 Å². The third-order valence-corrected chi connectivity index (χ3v) is 2.66. The molecule has 1 aromatic carbocycles. The highest BCUT2D eigenvalue weighted by atomic mass is 79.9. The third kappa shape index (κ3) is 2.61. The highest BCUT2D eigenvalue weighted by Crippen LogP contribution is 2.16. The second kappa shape index (κ2) is 4.83. The average Bonchev–Trinajstić information content (AvgIpc) is 2.18. The molecule has 1 N–H and O–H groups in total. The molecule has 2 nitrogen and oxygen atoms in total. The van der Waals surface area contributed by atoms with E-state index in [1.165, 1.54) is 0 Å². The Morgan fingerprint density at radius 3 is 2.93 bits per heavy atom. The first-order valence-corrected chi connectivity index (χ1v) is 4.92. The Morgan fingerprint density at radius 2 is 2.36 bits per heavy atom. The van der Waals surface area contributed by atoms with Gasteiger partial charge in [-0.25, -0.2) is 0 Å². The zero-order valence-corrected chi connectivity index (χ0v) is 9.39. The monoisotopic (exact) mass is 251 g/mol. The molecule has 72 valence electrons. The van der Waals surface area contributed by atoms with Gasteiger partial charge >= 0.3 is 0 Å². The van der Waals surface area contributed by atoms with Crippen LogP contribution in [0.25, 0.3) is 0 Å². The van der Waals surface area contributed by atoms with Gasteiger partial charge in [0.05, 0.1) is 6.54 Å². The molecule has 0 saturated heterocycles. The maximum atomic E-state index is 11.4. The maximum Gasteiger partial charge on any atom is 0.252 e. The Morgan fingerprint density at radius 1 is 1.64 bits per heavy atom. The molecule has 0 saturated carbocycles. The fourth-order valence-electron chi connectivity index (χ4n) is 1.02. The lowest BCUT2D eigenvalue weighted by Crippen LogP contribution is -2.23. The highest BCUT2D eigenvalue weighted by Gasteiger charge is 2.05. The summed E-state index contributed by atoms with van der Waals surface area (Å²) in [6.07, 6.45) is 5.04. The van der Waals surface area contributed by atoms with Gasteiger partial charge in [0.15, 0.2) is 0 Å². The standard InChI is InChI=1S/C11H10BrNO/c1-3-6-13-11(14)9-4-5-10(12)8(2)7-9/h1,4-5,7H,6H2,2H3,(H,13,14). The minimum atomic E-state index is -0.140. The molecule has 0 aliphatic heterocycles. The number of benzene rings is 1. The Labute approximate surface area is 91.8 Å². The Kier molecular flexibility index (Phi) is 3.73. The van der Waals surface area contributed by atoms with E-state index in [0.717, 1.165) is 10.0 Å². The van der Waals surface area contributed by atoms with E-state index in [4.69, 9.17) is 6.42 Å². The maximum absolute atomic E-state index is 11.4.